The summed E-state index contributed by atoms with van der Waals surface area (Å²) in [6, 6.07) is 7.07. The Balaban J connectivity index is 2.34. The lowest BCUT2D eigenvalue weighted by Crippen LogP contribution is -2.15. The van der Waals surface area contributed by atoms with Crippen LogP contribution in [0.25, 0.3) is 0 Å². The zero-order valence-corrected chi connectivity index (χ0v) is 13.2. The van der Waals surface area contributed by atoms with Crippen molar-refractivity contribution in [2.75, 3.05) is 0 Å². The van der Waals surface area contributed by atoms with Crippen LogP contribution in [0.2, 0.25) is 10.0 Å². The van der Waals surface area contributed by atoms with Gasteiger partial charge in [-0.15, -0.1) is 0 Å². The lowest BCUT2D eigenvalue weighted by molar-refractivity contribution is 0.500. The van der Waals surface area contributed by atoms with Crippen LogP contribution in [0, 0.1) is 11.6 Å². The Hall–Kier alpha value is -0.680. The molecule has 0 aliphatic rings. The van der Waals surface area contributed by atoms with Crippen LogP contribution in [-0.4, -0.2) is 0 Å². The Morgan fingerprint density at radius 2 is 1.70 bits per heavy atom. The van der Waals surface area contributed by atoms with E-state index in [1.165, 1.54) is 6.07 Å². The Kier molecular flexibility index (Phi) is 5.02. The molecule has 0 bridgehead atoms. The van der Waals surface area contributed by atoms with Gasteiger partial charge in [0.1, 0.15) is 0 Å². The van der Waals surface area contributed by atoms with Gasteiger partial charge in [0.15, 0.2) is 11.6 Å². The third kappa shape index (κ3) is 3.14. The monoisotopic (exact) mass is 379 g/mol. The lowest BCUT2D eigenvalue weighted by atomic mass is 9.99. The van der Waals surface area contributed by atoms with E-state index in [0.717, 1.165) is 6.07 Å². The molecule has 2 rings (SSSR count). The molecule has 0 aliphatic heterocycles. The van der Waals surface area contributed by atoms with Crippen molar-refractivity contribution in [2.45, 2.75) is 12.5 Å². The first kappa shape index (κ1) is 15.7. The second-order valence-electron chi connectivity index (χ2n) is 4.28. The van der Waals surface area contributed by atoms with Gasteiger partial charge in [-0.25, -0.2) is 8.78 Å². The average molecular weight is 381 g/mol. The molecule has 1 atom stereocenters. The van der Waals surface area contributed by atoms with Gasteiger partial charge in [-0.2, -0.15) is 0 Å². The maximum atomic E-state index is 13.5. The Morgan fingerprint density at radius 3 is 2.30 bits per heavy atom. The molecule has 0 aliphatic carbocycles. The summed E-state index contributed by atoms with van der Waals surface area (Å²) in [7, 11) is 0. The van der Waals surface area contributed by atoms with Crippen molar-refractivity contribution in [3.63, 3.8) is 0 Å². The number of hydrogen-bond acceptors (Lipinski definition) is 1. The van der Waals surface area contributed by atoms with Crippen LogP contribution in [-0.2, 0) is 6.42 Å². The van der Waals surface area contributed by atoms with Crippen molar-refractivity contribution in [2.24, 2.45) is 5.73 Å². The van der Waals surface area contributed by atoms with E-state index in [1.54, 1.807) is 18.2 Å². The molecule has 0 amide bonds. The predicted octanol–water partition coefficient (Wildman–Crippen LogP) is 5.28. The van der Waals surface area contributed by atoms with E-state index in [4.69, 9.17) is 28.9 Å². The Morgan fingerprint density at radius 1 is 1.10 bits per heavy atom. The van der Waals surface area contributed by atoms with Crippen LogP contribution < -0.4 is 5.73 Å². The Labute approximate surface area is 133 Å². The first-order valence-corrected chi connectivity index (χ1v) is 7.28. The first-order chi connectivity index (χ1) is 9.41. The molecule has 1 unspecified atom stereocenters. The van der Waals surface area contributed by atoms with Crippen LogP contribution in [0.3, 0.4) is 0 Å². The summed E-state index contributed by atoms with van der Waals surface area (Å²) in [5.74, 6) is -1.88. The zero-order valence-electron chi connectivity index (χ0n) is 10.1. The highest BCUT2D eigenvalue weighted by Crippen LogP contribution is 2.32. The van der Waals surface area contributed by atoms with Gasteiger partial charge in [0.25, 0.3) is 0 Å². The quantitative estimate of drug-likeness (QED) is 0.720. The van der Waals surface area contributed by atoms with E-state index in [9.17, 15) is 8.78 Å². The normalized spacial score (nSPS) is 12.5. The molecule has 0 aromatic heterocycles. The number of benzene rings is 2. The van der Waals surface area contributed by atoms with Crippen LogP contribution >= 0.6 is 39.1 Å². The molecule has 2 aromatic carbocycles. The summed E-state index contributed by atoms with van der Waals surface area (Å²) in [6.45, 7) is 0. The SMILES string of the molecule is NC(Cc1c(Cl)cccc1Cl)c1ccc(F)c(F)c1Br. The molecule has 0 fully saturated rings. The standard InChI is InChI=1S/C14H10BrCl2F2N/c15-13-7(4-5-11(18)14(13)19)12(20)6-8-9(16)2-1-3-10(8)17/h1-5,12H,6,20H2. The lowest BCUT2D eigenvalue weighted by Gasteiger charge is -2.16. The maximum absolute atomic E-state index is 13.5. The van der Waals surface area contributed by atoms with Gasteiger partial charge in [-0.3, -0.25) is 0 Å². The first-order valence-electron chi connectivity index (χ1n) is 5.73. The summed E-state index contributed by atoms with van der Waals surface area (Å²) in [5, 5.41) is 0.985. The van der Waals surface area contributed by atoms with Crippen molar-refractivity contribution < 1.29 is 8.78 Å². The minimum Gasteiger partial charge on any atom is -0.324 e. The number of halogens is 5. The number of hydrogen-bond donors (Lipinski definition) is 1. The van der Waals surface area contributed by atoms with Gasteiger partial charge < -0.3 is 5.73 Å². The topological polar surface area (TPSA) is 26.0 Å². The fraction of sp³-hybridized carbons (Fsp3) is 0.143. The molecule has 0 saturated carbocycles. The third-order valence-corrected chi connectivity index (χ3v) is 4.46. The summed E-state index contributed by atoms with van der Waals surface area (Å²) in [4.78, 5) is 0. The number of nitrogens with two attached hydrogens (primary N) is 1. The van der Waals surface area contributed by atoms with E-state index in [0.29, 0.717) is 27.6 Å². The highest BCUT2D eigenvalue weighted by Gasteiger charge is 2.18. The largest absolute Gasteiger partial charge is 0.324 e. The predicted molar refractivity (Wildman–Crippen MR) is 81.2 cm³/mol. The molecule has 0 spiro atoms. The summed E-state index contributed by atoms with van der Waals surface area (Å²) >= 11 is 15.2. The van der Waals surface area contributed by atoms with E-state index >= 15 is 0 Å². The van der Waals surface area contributed by atoms with Crippen molar-refractivity contribution in [3.05, 3.63) is 67.6 Å². The highest BCUT2D eigenvalue weighted by atomic mass is 79.9. The smallest absolute Gasteiger partial charge is 0.173 e. The molecule has 6 heteroatoms. The van der Waals surface area contributed by atoms with Crippen molar-refractivity contribution >= 4 is 39.1 Å². The van der Waals surface area contributed by atoms with Crippen molar-refractivity contribution in [1.29, 1.82) is 0 Å². The summed E-state index contributed by atoms with van der Waals surface area (Å²) in [6.07, 6.45) is 0.322. The maximum Gasteiger partial charge on any atom is 0.173 e. The molecule has 0 saturated heterocycles. The Bertz CT molecular complexity index is 629. The minimum atomic E-state index is -0.955. The molecule has 106 valence electrons. The third-order valence-electron chi connectivity index (χ3n) is 2.95. The van der Waals surface area contributed by atoms with Gasteiger partial charge >= 0.3 is 0 Å². The fourth-order valence-electron chi connectivity index (χ4n) is 1.88. The van der Waals surface area contributed by atoms with E-state index in [1.807, 2.05) is 0 Å². The second kappa shape index (κ2) is 6.39. The van der Waals surface area contributed by atoms with Crippen LogP contribution in [0.15, 0.2) is 34.8 Å². The summed E-state index contributed by atoms with van der Waals surface area (Å²) < 4.78 is 26.6. The zero-order chi connectivity index (χ0) is 14.9. The van der Waals surface area contributed by atoms with Gasteiger partial charge in [0.05, 0.1) is 4.47 Å². The molecule has 2 N–H and O–H groups in total. The van der Waals surface area contributed by atoms with E-state index in [2.05, 4.69) is 15.9 Å². The van der Waals surface area contributed by atoms with Crippen LogP contribution in [0.4, 0.5) is 8.78 Å². The summed E-state index contributed by atoms with van der Waals surface area (Å²) in [5.41, 5.74) is 7.19. The van der Waals surface area contributed by atoms with Gasteiger partial charge in [0, 0.05) is 16.1 Å². The highest BCUT2D eigenvalue weighted by molar-refractivity contribution is 9.10. The molecule has 2 aromatic rings. The average Bonchev–Trinajstić information content (AvgIpc) is 2.40. The molecule has 0 radical (unpaired) electrons. The van der Waals surface area contributed by atoms with Crippen LogP contribution in [0.5, 0.6) is 0 Å². The van der Waals surface area contributed by atoms with Gasteiger partial charge in [-0.05, 0) is 51.7 Å². The minimum absolute atomic E-state index is 0.0215. The van der Waals surface area contributed by atoms with Gasteiger partial charge in [0.2, 0.25) is 0 Å². The van der Waals surface area contributed by atoms with Gasteiger partial charge in [-0.1, -0.05) is 35.3 Å². The van der Waals surface area contributed by atoms with Crippen molar-refractivity contribution in [1.82, 2.24) is 0 Å². The van der Waals surface area contributed by atoms with Crippen molar-refractivity contribution in [3.8, 4) is 0 Å². The molecular formula is C14H10BrCl2F2N. The van der Waals surface area contributed by atoms with E-state index < -0.39 is 17.7 Å². The molecular weight excluding hydrogens is 371 g/mol. The van der Waals surface area contributed by atoms with E-state index in [-0.39, 0.29) is 4.47 Å². The number of rotatable bonds is 3. The fourth-order valence-corrected chi connectivity index (χ4v) is 3.05. The molecule has 0 heterocycles. The molecule has 1 nitrogen and oxygen atoms in total. The van der Waals surface area contributed by atoms with Crippen LogP contribution in [0.1, 0.15) is 17.2 Å². The second-order valence-corrected chi connectivity index (χ2v) is 5.88. The molecule has 20 heavy (non-hydrogen) atoms.